The van der Waals surface area contributed by atoms with Crippen molar-refractivity contribution in [2.45, 2.75) is 83.5 Å². The summed E-state index contributed by atoms with van der Waals surface area (Å²) in [7, 11) is -0.412. The van der Waals surface area contributed by atoms with E-state index in [0.29, 0.717) is 0 Å². The van der Waals surface area contributed by atoms with Gasteiger partial charge in [0.1, 0.15) is 5.60 Å². The van der Waals surface area contributed by atoms with Gasteiger partial charge in [-0.2, -0.15) is 0 Å². The van der Waals surface area contributed by atoms with Crippen LogP contribution in [0.3, 0.4) is 0 Å². The Morgan fingerprint density at radius 2 is 1.80 bits per heavy atom. The predicted octanol–water partition coefficient (Wildman–Crippen LogP) is 4.57. The fraction of sp³-hybridized carbons (Fsp3) is 0.619. The number of benzene rings is 1. The van der Waals surface area contributed by atoms with Crippen molar-refractivity contribution in [2.75, 3.05) is 0 Å². The molecule has 1 unspecified atom stereocenters. The van der Waals surface area contributed by atoms with Gasteiger partial charge in [-0.05, 0) is 70.1 Å². The van der Waals surface area contributed by atoms with Crippen LogP contribution in [-0.2, 0) is 21.3 Å². The number of aryl methyl sites for hydroxylation is 1. The van der Waals surface area contributed by atoms with Crippen LogP contribution in [-0.4, -0.2) is 23.4 Å². The zero-order valence-corrected chi connectivity index (χ0v) is 16.3. The lowest BCUT2D eigenvalue weighted by molar-refractivity contribution is 0.00578. The minimum Gasteiger partial charge on any atom is -0.400 e. The predicted molar refractivity (Wildman–Crippen MR) is 102 cm³/mol. The molecule has 0 bridgehead atoms. The fourth-order valence-corrected chi connectivity index (χ4v) is 3.96. The molecular weight excluding hydrogens is 311 g/mol. The molecule has 1 atom stereocenters. The van der Waals surface area contributed by atoms with Gasteiger partial charge in [0, 0.05) is 0 Å². The number of aliphatic hydroxyl groups is 1. The second-order valence-corrected chi connectivity index (χ2v) is 8.44. The zero-order chi connectivity index (χ0) is 18.3. The number of hydrogen-bond donors (Lipinski definition) is 1. The molecule has 136 valence electrons. The first kappa shape index (κ1) is 18.7. The van der Waals surface area contributed by atoms with Gasteiger partial charge in [0.2, 0.25) is 0 Å². The summed E-state index contributed by atoms with van der Waals surface area (Å²) in [6.07, 6.45) is 4.62. The maximum absolute atomic E-state index is 11.7. The van der Waals surface area contributed by atoms with Gasteiger partial charge < -0.3 is 14.4 Å². The summed E-state index contributed by atoms with van der Waals surface area (Å²) in [4.78, 5) is 0. The molecule has 0 amide bonds. The summed E-state index contributed by atoms with van der Waals surface area (Å²) in [6.45, 7) is 10.4. The van der Waals surface area contributed by atoms with Crippen LogP contribution in [0.5, 0.6) is 0 Å². The van der Waals surface area contributed by atoms with Gasteiger partial charge in [-0.25, -0.2) is 0 Å². The molecule has 4 heteroatoms. The lowest BCUT2D eigenvalue weighted by Gasteiger charge is -2.37. The maximum atomic E-state index is 11.7. The van der Waals surface area contributed by atoms with E-state index in [1.165, 1.54) is 5.56 Å². The van der Waals surface area contributed by atoms with E-state index >= 15 is 0 Å². The summed E-state index contributed by atoms with van der Waals surface area (Å²) in [5.41, 5.74) is 1.70. The van der Waals surface area contributed by atoms with Crippen LogP contribution >= 0.6 is 0 Å². The zero-order valence-electron chi connectivity index (χ0n) is 16.3. The molecule has 3 nitrogen and oxygen atoms in total. The average Bonchev–Trinajstić information content (AvgIpc) is 2.74. The van der Waals surface area contributed by atoms with Crippen molar-refractivity contribution in [3.05, 3.63) is 46.9 Å². The normalized spacial score (nSPS) is 28.1. The Morgan fingerprint density at radius 1 is 1.16 bits per heavy atom. The summed E-state index contributed by atoms with van der Waals surface area (Å²) >= 11 is 0. The molecule has 0 saturated carbocycles. The number of hydrogen-bond acceptors (Lipinski definition) is 3. The van der Waals surface area contributed by atoms with Crippen LogP contribution in [0.2, 0.25) is 0 Å². The van der Waals surface area contributed by atoms with E-state index in [1.54, 1.807) is 0 Å². The number of fused-ring (bicyclic) bond motifs is 1. The van der Waals surface area contributed by atoms with E-state index in [2.05, 4.69) is 52.8 Å². The average molecular weight is 342 g/mol. The van der Waals surface area contributed by atoms with Gasteiger partial charge >= 0.3 is 7.12 Å². The first-order valence-electron chi connectivity index (χ1n) is 9.57. The molecular formula is C21H31BO3. The van der Waals surface area contributed by atoms with E-state index in [9.17, 15) is 5.11 Å². The van der Waals surface area contributed by atoms with Crippen molar-refractivity contribution in [2.24, 2.45) is 0 Å². The third-order valence-corrected chi connectivity index (χ3v) is 6.11. The van der Waals surface area contributed by atoms with Gasteiger partial charge in [-0.1, -0.05) is 43.6 Å². The Bertz CT molecular complexity index is 649. The molecule has 0 spiro atoms. The molecule has 3 rings (SSSR count). The molecule has 2 aliphatic rings. The quantitative estimate of drug-likeness (QED) is 0.815. The van der Waals surface area contributed by atoms with Crippen molar-refractivity contribution in [3.8, 4) is 0 Å². The van der Waals surface area contributed by atoms with Crippen molar-refractivity contribution < 1.29 is 14.4 Å². The SMILES string of the molecule is CCC/C(=C\B1OC(C)(C)C(C)(C)O1)C1(O)CCCc2ccccc21. The molecule has 25 heavy (non-hydrogen) atoms. The van der Waals surface area contributed by atoms with E-state index in [-0.39, 0.29) is 11.2 Å². The fourth-order valence-electron chi connectivity index (χ4n) is 3.96. The van der Waals surface area contributed by atoms with E-state index in [1.807, 2.05) is 12.0 Å². The molecule has 1 heterocycles. The topological polar surface area (TPSA) is 38.7 Å². The highest BCUT2D eigenvalue weighted by atomic mass is 16.7. The first-order chi connectivity index (χ1) is 11.7. The summed E-state index contributed by atoms with van der Waals surface area (Å²) in [5.74, 6) is 2.03. The van der Waals surface area contributed by atoms with Crippen molar-refractivity contribution in [1.82, 2.24) is 0 Å². The van der Waals surface area contributed by atoms with E-state index in [0.717, 1.165) is 43.2 Å². The lowest BCUT2D eigenvalue weighted by Crippen LogP contribution is -2.41. The summed E-state index contributed by atoms with van der Waals surface area (Å²) in [5, 5.41) is 11.7. The van der Waals surface area contributed by atoms with Crippen LogP contribution < -0.4 is 0 Å². The Labute approximate surface area is 152 Å². The molecule has 1 aromatic carbocycles. The first-order valence-corrected chi connectivity index (χ1v) is 9.57. The standard InChI is InChI=1S/C21H31BO3/c1-6-10-17(15-22-24-19(2,3)20(4,5)25-22)21(23)14-9-12-16-11-7-8-13-18(16)21/h7-8,11,13,15,23H,6,9-10,12,14H2,1-5H3/b17-15+. The number of rotatable bonds is 4. The smallest absolute Gasteiger partial charge is 0.400 e. The Balaban J connectivity index is 1.97. The van der Waals surface area contributed by atoms with Crippen molar-refractivity contribution >= 4 is 7.12 Å². The molecule has 1 aliphatic heterocycles. The molecule has 0 radical (unpaired) electrons. The molecule has 1 N–H and O–H groups in total. The monoisotopic (exact) mass is 342 g/mol. The molecule has 0 aromatic heterocycles. The Morgan fingerprint density at radius 3 is 2.44 bits per heavy atom. The van der Waals surface area contributed by atoms with Crippen molar-refractivity contribution in [1.29, 1.82) is 0 Å². The van der Waals surface area contributed by atoms with Gasteiger partial charge in [0.15, 0.2) is 0 Å². The summed E-state index contributed by atoms with van der Waals surface area (Å²) in [6, 6.07) is 8.29. The molecule has 1 aromatic rings. The van der Waals surface area contributed by atoms with Gasteiger partial charge in [-0.3, -0.25) is 0 Å². The third-order valence-electron chi connectivity index (χ3n) is 6.11. The van der Waals surface area contributed by atoms with Crippen LogP contribution in [0.4, 0.5) is 0 Å². The highest BCUT2D eigenvalue weighted by Crippen LogP contribution is 2.44. The maximum Gasteiger partial charge on any atom is 0.487 e. The minimum absolute atomic E-state index is 0.363. The Hall–Kier alpha value is -1.10. The van der Waals surface area contributed by atoms with Crippen LogP contribution in [0.25, 0.3) is 0 Å². The van der Waals surface area contributed by atoms with Crippen LogP contribution in [0.15, 0.2) is 35.8 Å². The largest absolute Gasteiger partial charge is 0.487 e. The van der Waals surface area contributed by atoms with Gasteiger partial charge in [-0.15, -0.1) is 0 Å². The van der Waals surface area contributed by atoms with E-state index < -0.39 is 12.7 Å². The van der Waals surface area contributed by atoms with E-state index in [4.69, 9.17) is 9.31 Å². The molecule has 1 saturated heterocycles. The second kappa shape index (κ2) is 6.57. The second-order valence-electron chi connectivity index (χ2n) is 8.44. The minimum atomic E-state index is -0.908. The molecule has 1 aliphatic carbocycles. The van der Waals surface area contributed by atoms with Crippen LogP contribution in [0.1, 0.15) is 71.4 Å². The van der Waals surface area contributed by atoms with Gasteiger partial charge in [0.05, 0.1) is 11.2 Å². The highest BCUT2D eigenvalue weighted by Gasteiger charge is 2.51. The molecule has 1 fully saturated rings. The lowest BCUT2D eigenvalue weighted by atomic mass is 9.70. The van der Waals surface area contributed by atoms with Crippen molar-refractivity contribution in [3.63, 3.8) is 0 Å². The highest BCUT2D eigenvalue weighted by molar-refractivity contribution is 6.51. The van der Waals surface area contributed by atoms with Gasteiger partial charge in [0.25, 0.3) is 0 Å². The van der Waals surface area contributed by atoms with Crippen LogP contribution in [0, 0.1) is 0 Å². The summed E-state index contributed by atoms with van der Waals surface area (Å²) < 4.78 is 12.3. The third kappa shape index (κ3) is 3.32. The Kier molecular flexibility index (Phi) is 4.91.